The summed E-state index contributed by atoms with van der Waals surface area (Å²) in [6.45, 7) is 3.62. The Labute approximate surface area is 134 Å². The molecule has 0 bridgehead atoms. The third-order valence-corrected chi connectivity index (χ3v) is 4.77. The molecule has 0 aromatic carbocycles. The van der Waals surface area contributed by atoms with Crippen LogP contribution in [0, 0.1) is 0 Å². The van der Waals surface area contributed by atoms with Crippen LogP contribution in [-0.2, 0) is 12.8 Å². The number of aromatic nitrogens is 2. The van der Waals surface area contributed by atoms with Gasteiger partial charge in [-0.15, -0.1) is 5.10 Å². The van der Waals surface area contributed by atoms with Gasteiger partial charge in [-0.1, -0.05) is 0 Å². The molecule has 8 heteroatoms. The van der Waals surface area contributed by atoms with Crippen molar-refractivity contribution in [1.29, 1.82) is 0 Å². The fourth-order valence-electron chi connectivity index (χ4n) is 3.42. The van der Waals surface area contributed by atoms with Crippen LogP contribution in [0.15, 0.2) is 6.07 Å². The van der Waals surface area contributed by atoms with Gasteiger partial charge in [-0.25, -0.2) is 14.5 Å². The Morgan fingerprint density at radius 2 is 1.91 bits per heavy atom. The number of hydrogen-bond donors (Lipinski definition) is 1. The summed E-state index contributed by atoms with van der Waals surface area (Å²) in [7, 11) is 0. The molecule has 0 spiro atoms. The number of hydrogen-bond acceptors (Lipinski definition) is 5. The van der Waals surface area contributed by atoms with Crippen molar-refractivity contribution < 1.29 is 9.59 Å². The lowest BCUT2D eigenvalue weighted by atomic mass is 10.2. The molecule has 1 aromatic rings. The van der Waals surface area contributed by atoms with E-state index in [-0.39, 0.29) is 12.1 Å². The number of nitrogens with one attached hydrogen (secondary N) is 1. The van der Waals surface area contributed by atoms with Crippen LogP contribution in [0.4, 0.5) is 15.4 Å². The van der Waals surface area contributed by atoms with Crippen LogP contribution < -0.4 is 10.2 Å². The highest BCUT2D eigenvalue weighted by Crippen LogP contribution is 2.23. The Kier molecular flexibility index (Phi) is 3.51. The Balaban J connectivity index is 1.39. The van der Waals surface area contributed by atoms with Crippen LogP contribution in [0.1, 0.15) is 17.7 Å². The summed E-state index contributed by atoms with van der Waals surface area (Å²) in [6, 6.07) is 1.65. The zero-order valence-corrected chi connectivity index (χ0v) is 13.0. The first-order valence-corrected chi connectivity index (χ1v) is 8.17. The maximum atomic E-state index is 12.4. The Morgan fingerprint density at radius 3 is 2.65 bits per heavy atom. The van der Waals surface area contributed by atoms with E-state index >= 15 is 0 Å². The molecule has 2 saturated heterocycles. The SMILES string of the molecule is O=C1NCCN1C(=O)N1CCN(c2cc3c(nn2)CCC3)CC1. The van der Waals surface area contributed by atoms with Crippen molar-refractivity contribution in [3.63, 3.8) is 0 Å². The number of piperazine rings is 1. The van der Waals surface area contributed by atoms with Crippen molar-refractivity contribution in [2.24, 2.45) is 0 Å². The molecule has 1 aromatic heterocycles. The second-order valence-corrected chi connectivity index (χ2v) is 6.17. The van der Waals surface area contributed by atoms with Crippen molar-refractivity contribution in [2.75, 3.05) is 44.2 Å². The van der Waals surface area contributed by atoms with Crippen molar-refractivity contribution in [3.05, 3.63) is 17.3 Å². The fourth-order valence-corrected chi connectivity index (χ4v) is 3.42. The molecular formula is C15H20N6O2. The summed E-state index contributed by atoms with van der Waals surface area (Å²) in [5.74, 6) is 0.900. The minimum Gasteiger partial charge on any atom is -0.352 e. The third-order valence-electron chi connectivity index (χ3n) is 4.77. The zero-order valence-electron chi connectivity index (χ0n) is 13.0. The molecule has 0 saturated carbocycles. The Morgan fingerprint density at radius 1 is 1.09 bits per heavy atom. The van der Waals surface area contributed by atoms with Crippen LogP contribution in [0.3, 0.4) is 0 Å². The maximum Gasteiger partial charge on any atom is 0.328 e. The molecule has 2 fully saturated rings. The first kappa shape index (κ1) is 14.2. The summed E-state index contributed by atoms with van der Waals surface area (Å²) in [5.41, 5.74) is 2.44. The van der Waals surface area contributed by atoms with Gasteiger partial charge in [0, 0.05) is 39.3 Å². The number of fused-ring (bicyclic) bond motifs is 1. The van der Waals surface area contributed by atoms with Gasteiger partial charge in [0.1, 0.15) is 0 Å². The van der Waals surface area contributed by atoms with Crippen LogP contribution in [0.5, 0.6) is 0 Å². The molecule has 0 unspecified atom stereocenters. The molecule has 0 atom stereocenters. The number of aryl methyl sites for hydroxylation is 2. The molecule has 0 radical (unpaired) electrons. The molecule has 23 heavy (non-hydrogen) atoms. The number of carbonyl (C=O) groups is 2. The first-order valence-electron chi connectivity index (χ1n) is 8.17. The van der Waals surface area contributed by atoms with E-state index < -0.39 is 0 Å². The second-order valence-electron chi connectivity index (χ2n) is 6.17. The van der Waals surface area contributed by atoms with E-state index in [1.54, 1.807) is 4.90 Å². The van der Waals surface area contributed by atoms with Crippen molar-refractivity contribution in [1.82, 2.24) is 25.3 Å². The van der Waals surface area contributed by atoms with Crippen LogP contribution >= 0.6 is 0 Å². The zero-order chi connectivity index (χ0) is 15.8. The molecule has 2 aliphatic heterocycles. The lowest BCUT2D eigenvalue weighted by molar-refractivity contribution is 0.161. The van der Waals surface area contributed by atoms with Crippen LogP contribution in [0.2, 0.25) is 0 Å². The van der Waals surface area contributed by atoms with Crippen LogP contribution in [0.25, 0.3) is 0 Å². The minimum absolute atomic E-state index is 0.195. The Bertz CT molecular complexity index is 641. The number of amides is 4. The van der Waals surface area contributed by atoms with E-state index in [4.69, 9.17) is 0 Å². The highest BCUT2D eigenvalue weighted by molar-refractivity contribution is 5.95. The summed E-state index contributed by atoms with van der Waals surface area (Å²) in [6.07, 6.45) is 3.27. The lowest BCUT2D eigenvalue weighted by Crippen LogP contribution is -2.53. The molecular weight excluding hydrogens is 296 g/mol. The van der Waals surface area contributed by atoms with Gasteiger partial charge in [-0.05, 0) is 30.9 Å². The van der Waals surface area contributed by atoms with E-state index in [1.165, 1.54) is 10.5 Å². The standard InChI is InChI=1S/C15H20N6O2/c22-14-16-4-5-21(14)15(23)20-8-6-19(7-9-20)13-10-11-2-1-3-12(11)17-18-13/h10H,1-9H2,(H,16,22). The quantitative estimate of drug-likeness (QED) is 0.802. The lowest BCUT2D eigenvalue weighted by Gasteiger charge is -2.36. The van der Waals surface area contributed by atoms with Crippen LogP contribution in [-0.4, -0.2) is 71.3 Å². The molecule has 1 N–H and O–H groups in total. The van der Waals surface area contributed by atoms with Gasteiger partial charge in [0.2, 0.25) is 0 Å². The van der Waals surface area contributed by atoms with E-state index in [1.807, 2.05) is 0 Å². The average molecular weight is 316 g/mol. The largest absolute Gasteiger partial charge is 0.352 e. The molecule has 122 valence electrons. The second kappa shape index (κ2) is 5.68. The minimum atomic E-state index is -0.290. The van der Waals surface area contributed by atoms with Gasteiger partial charge in [0.15, 0.2) is 5.82 Å². The molecule has 3 heterocycles. The van der Waals surface area contributed by atoms with Crippen molar-refractivity contribution in [2.45, 2.75) is 19.3 Å². The topological polar surface area (TPSA) is 81.7 Å². The maximum absolute atomic E-state index is 12.4. The van der Waals surface area contributed by atoms with E-state index in [9.17, 15) is 9.59 Å². The summed E-state index contributed by atoms with van der Waals surface area (Å²) in [5, 5.41) is 11.3. The predicted octanol–water partition coefficient (Wildman–Crippen LogP) is 0.232. The number of anilines is 1. The Hall–Kier alpha value is -2.38. The van der Waals surface area contributed by atoms with Crippen molar-refractivity contribution in [3.8, 4) is 0 Å². The molecule has 3 aliphatic rings. The number of carbonyl (C=O) groups excluding carboxylic acids is 2. The van der Waals surface area contributed by atoms with Gasteiger partial charge < -0.3 is 15.1 Å². The highest BCUT2D eigenvalue weighted by Gasteiger charge is 2.32. The highest BCUT2D eigenvalue weighted by atomic mass is 16.2. The first-order chi connectivity index (χ1) is 11.2. The van der Waals surface area contributed by atoms with E-state index in [2.05, 4.69) is 26.5 Å². The number of imide groups is 1. The summed E-state index contributed by atoms with van der Waals surface area (Å²) >= 11 is 0. The average Bonchev–Trinajstić information content (AvgIpc) is 3.22. The number of nitrogens with zero attached hydrogens (tertiary/aromatic N) is 5. The van der Waals surface area contributed by atoms with Gasteiger partial charge in [-0.3, -0.25) is 0 Å². The van der Waals surface area contributed by atoms with Gasteiger partial charge >= 0.3 is 12.1 Å². The normalized spacial score (nSPS) is 20.7. The summed E-state index contributed by atoms with van der Waals surface area (Å²) < 4.78 is 0. The van der Waals surface area contributed by atoms with Crippen molar-refractivity contribution >= 4 is 17.9 Å². The van der Waals surface area contributed by atoms with E-state index in [0.717, 1.165) is 30.8 Å². The molecule has 4 rings (SSSR count). The van der Waals surface area contributed by atoms with Gasteiger partial charge in [0.25, 0.3) is 0 Å². The number of urea groups is 2. The van der Waals surface area contributed by atoms with E-state index in [0.29, 0.717) is 39.3 Å². The predicted molar refractivity (Wildman–Crippen MR) is 83.3 cm³/mol. The third kappa shape index (κ3) is 2.58. The summed E-state index contributed by atoms with van der Waals surface area (Å²) in [4.78, 5) is 29.1. The fraction of sp³-hybridized carbons (Fsp3) is 0.600. The molecule has 4 amide bonds. The smallest absolute Gasteiger partial charge is 0.328 e. The monoisotopic (exact) mass is 316 g/mol. The molecule has 8 nitrogen and oxygen atoms in total. The number of rotatable bonds is 1. The molecule has 1 aliphatic carbocycles. The van der Waals surface area contributed by atoms with Gasteiger partial charge in [0.05, 0.1) is 5.69 Å². The van der Waals surface area contributed by atoms with Gasteiger partial charge in [-0.2, -0.15) is 5.10 Å².